The molecule has 0 bridgehead atoms. The summed E-state index contributed by atoms with van der Waals surface area (Å²) in [4.78, 5) is 0. The summed E-state index contributed by atoms with van der Waals surface area (Å²) in [6.45, 7) is 5.56. The lowest BCUT2D eigenvalue weighted by Gasteiger charge is -1.95. The molecule has 0 atom stereocenters. The van der Waals surface area contributed by atoms with Gasteiger partial charge in [-0.1, -0.05) is 37.8 Å². The van der Waals surface area contributed by atoms with E-state index in [-0.39, 0.29) is 5.84 Å². The molecule has 0 amide bonds. The van der Waals surface area contributed by atoms with E-state index >= 15 is 0 Å². The van der Waals surface area contributed by atoms with Crippen LogP contribution in [0.15, 0.2) is 36.5 Å². The fourth-order valence-electron chi connectivity index (χ4n) is 0.607. The average molecular weight is 150 g/mol. The number of hydrogen-bond donors (Lipinski definition) is 2. The Morgan fingerprint density at radius 3 is 2.64 bits per heavy atom. The first kappa shape index (κ1) is 9.69. The van der Waals surface area contributed by atoms with Crippen molar-refractivity contribution in [1.82, 2.24) is 0 Å². The Labute approximate surface area is 67.6 Å². The monoisotopic (exact) mass is 150 g/mol. The summed E-state index contributed by atoms with van der Waals surface area (Å²) in [6.07, 6.45) is 8.06. The maximum Gasteiger partial charge on any atom is 0.122 e. The van der Waals surface area contributed by atoms with Crippen LogP contribution in [0.4, 0.5) is 0 Å². The van der Waals surface area contributed by atoms with Crippen LogP contribution in [-0.2, 0) is 0 Å². The number of nitrogens with two attached hydrogens (primary N) is 1. The molecular formula is C9H14N2. The van der Waals surface area contributed by atoms with Crippen LogP contribution in [0.2, 0.25) is 0 Å². The van der Waals surface area contributed by atoms with Gasteiger partial charge in [-0.2, -0.15) is 0 Å². The largest absolute Gasteiger partial charge is 0.384 e. The maximum absolute atomic E-state index is 7.14. The minimum atomic E-state index is 0.0783. The summed E-state index contributed by atoms with van der Waals surface area (Å²) < 4.78 is 0. The van der Waals surface area contributed by atoms with E-state index in [1.165, 1.54) is 0 Å². The van der Waals surface area contributed by atoms with Gasteiger partial charge in [-0.25, -0.2) is 0 Å². The summed E-state index contributed by atoms with van der Waals surface area (Å²) >= 11 is 0. The smallest absolute Gasteiger partial charge is 0.122 e. The molecule has 0 rings (SSSR count). The van der Waals surface area contributed by atoms with E-state index < -0.39 is 0 Å². The van der Waals surface area contributed by atoms with Crippen molar-refractivity contribution in [3.63, 3.8) is 0 Å². The summed E-state index contributed by atoms with van der Waals surface area (Å²) in [6, 6.07) is 0. The van der Waals surface area contributed by atoms with Gasteiger partial charge in [-0.15, -0.1) is 0 Å². The lowest BCUT2D eigenvalue weighted by Crippen LogP contribution is -2.11. The third-order valence-electron chi connectivity index (χ3n) is 1.14. The third-order valence-corrected chi connectivity index (χ3v) is 1.14. The minimum Gasteiger partial charge on any atom is -0.384 e. The van der Waals surface area contributed by atoms with Crippen LogP contribution in [0.3, 0.4) is 0 Å². The second-order valence-electron chi connectivity index (χ2n) is 2.08. The van der Waals surface area contributed by atoms with Gasteiger partial charge in [-0.05, 0) is 6.42 Å². The highest BCUT2D eigenvalue weighted by Crippen LogP contribution is 1.97. The first-order valence-electron chi connectivity index (χ1n) is 3.56. The first-order chi connectivity index (χ1) is 5.22. The second-order valence-corrected chi connectivity index (χ2v) is 2.08. The van der Waals surface area contributed by atoms with Crippen molar-refractivity contribution in [3.8, 4) is 0 Å². The molecule has 0 saturated carbocycles. The Morgan fingerprint density at radius 1 is 1.64 bits per heavy atom. The van der Waals surface area contributed by atoms with Gasteiger partial charge in [0.05, 0.1) is 0 Å². The molecule has 11 heavy (non-hydrogen) atoms. The first-order valence-corrected chi connectivity index (χ1v) is 3.56. The van der Waals surface area contributed by atoms with Gasteiger partial charge in [0.15, 0.2) is 0 Å². The van der Waals surface area contributed by atoms with Crippen LogP contribution < -0.4 is 5.73 Å². The Kier molecular flexibility index (Phi) is 4.82. The Bertz CT molecular complexity index is 200. The van der Waals surface area contributed by atoms with Crippen LogP contribution in [0.5, 0.6) is 0 Å². The van der Waals surface area contributed by atoms with Crippen molar-refractivity contribution in [3.05, 3.63) is 36.5 Å². The quantitative estimate of drug-likeness (QED) is 0.359. The molecule has 60 valence electrons. The van der Waals surface area contributed by atoms with E-state index in [2.05, 4.69) is 6.58 Å². The highest BCUT2D eigenvalue weighted by molar-refractivity contribution is 5.97. The third kappa shape index (κ3) is 4.14. The second kappa shape index (κ2) is 5.47. The molecule has 0 spiro atoms. The number of hydrogen-bond acceptors (Lipinski definition) is 1. The Morgan fingerprint density at radius 2 is 2.27 bits per heavy atom. The number of amidine groups is 1. The zero-order valence-electron chi connectivity index (χ0n) is 6.80. The van der Waals surface area contributed by atoms with Crippen molar-refractivity contribution in [1.29, 1.82) is 5.41 Å². The fraction of sp³-hybridized carbons (Fsp3) is 0.222. The van der Waals surface area contributed by atoms with E-state index in [9.17, 15) is 0 Å². The molecule has 0 fully saturated rings. The predicted molar refractivity (Wildman–Crippen MR) is 49.6 cm³/mol. The fourth-order valence-corrected chi connectivity index (χ4v) is 0.607. The zero-order chi connectivity index (χ0) is 8.69. The summed E-state index contributed by atoms with van der Waals surface area (Å²) in [7, 11) is 0. The number of nitrogens with one attached hydrogen (secondary N) is 1. The standard InChI is InChI=1S/C9H14N2/c1-3-5-7-8(6-4-2)9(10)11/h4-7H,2-3H2,1H3,(H3,10,11)/b7-5-,8-6+. The number of allylic oxidation sites excluding steroid dienone is 3. The van der Waals surface area contributed by atoms with Gasteiger partial charge < -0.3 is 5.73 Å². The number of rotatable bonds is 4. The van der Waals surface area contributed by atoms with E-state index in [1.54, 1.807) is 12.2 Å². The molecule has 0 aromatic heterocycles. The predicted octanol–water partition coefficient (Wildman–Crippen LogP) is 2.00. The molecule has 2 heteroatoms. The highest BCUT2D eigenvalue weighted by Gasteiger charge is 1.91. The van der Waals surface area contributed by atoms with Crippen molar-refractivity contribution < 1.29 is 0 Å². The average Bonchev–Trinajstić information content (AvgIpc) is 1.97. The van der Waals surface area contributed by atoms with Crippen molar-refractivity contribution in [2.24, 2.45) is 5.73 Å². The zero-order valence-corrected chi connectivity index (χ0v) is 6.80. The van der Waals surface area contributed by atoms with Crippen LogP contribution in [0.25, 0.3) is 0 Å². The van der Waals surface area contributed by atoms with Gasteiger partial charge >= 0.3 is 0 Å². The van der Waals surface area contributed by atoms with E-state index in [0.717, 1.165) is 6.42 Å². The highest BCUT2D eigenvalue weighted by atomic mass is 14.7. The molecule has 0 aliphatic heterocycles. The SMILES string of the molecule is C=C/C=C(\C=C/CC)C(=N)N. The summed E-state index contributed by atoms with van der Waals surface area (Å²) in [5.41, 5.74) is 5.99. The Balaban J connectivity index is 4.35. The van der Waals surface area contributed by atoms with E-state index in [0.29, 0.717) is 5.57 Å². The van der Waals surface area contributed by atoms with Gasteiger partial charge in [0.1, 0.15) is 5.84 Å². The van der Waals surface area contributed by atoms with Crippen LogP contribution in [0, 0.1) is 5.41 Å². The van der Waals surface area contributed by atoms with Crippen LogP contribution in [0.1, 0.15) is 13.3 Å². The lowest BCUT2D eigenvalue weighted by molar-refractivity contribution is 1.22. The molecule has 0 aromatic carbocycles. The summed E-state index contributed by atoms with van der Waals surface area (Å²) in [5.74, 6) is 0.0783. The van der Waals surface area contributed by atoms with Crippen molar-refractivity contribution >= 4 is 5.84 Å². The molecule has 0 aromatic rings. The van der Waals surface area contributed by atoms with Crippen molar-refractivity contribution in [2.45, 2.75) is 13.3 Å². The Hall–Kier alpha value is -1.31. The van der Waals surface area contributed by atoms with Gasteiger partial charge in [0.2, 0.25) is 0 Å². The molecular weight excluding hydrogens is 136 g/mol. The minimum absolute atomic E-state index is 0.0783. The molecule has 3 N–H and O–H groups in total. The van der Waals surface area contributed by atoms with Crippen LogP contribution in [-0.4, -0.2) is 5.84 Å². The van der Waals surface area contributed by atoms with Crippen LogP contribution >= 0.6 is 0 Å². The molecule has 0 aliphatic rings. The molecule has 0 saturated heterocycles. The van der Waals surface area contributed by atoms with Gasteiger partial charge in [0.25, 0.3) is 0 Å². The topological polar surface area (TPSA) is 49.9 Å². The summed E-state index contributed by atoms with van der Waals surface area (Å²) in [5, 5.41) is 7.14. The van der Waals surface area contributed by atoms with Gasteiger partial charge in [-0.3, -0.25) is 5.41 Å². The molecule has 2 nitrogen and oxygen atoms in total. The normalized spacial score (nSPS) is 11.9. The molecule has 0 heterocycles. The van der Waals surface area contributed by atoms with E-state index in [1.807, 2.05) is 19.1 Å². The molecule has 0 aliphatic carbocycles. The van der Waals surface area contributed by atoms with Crippen molar-refractivity contribution in [2.75, 3.05) is 0 Å². The maximum atomic E-state index is 7.14. The van der Waals surface area contributed by atoms with E-state index in [4.69, 9.17) is 11.1 Å². The molecule has 0 unspecified atom stereocenters. The molecule has 0 radical (unpaired) electrons. The lowest BCUT2D eigenvalue weighted by atomic mass is 10.2. The van der Waals surface area contributed by atoms with Gasteiger partial charge in [0, 0.05) is 5.57 Å².